The number of aromatic nitrogens is 1. The van der Waals surface area contributed by atoms with E-state index in [-0.39, 0.29) is 0 Å². The lowest BCUT2D eigenvalue weighted by molar-refractivity contribution is 0.236. The third-order valence-corrected chi connectivity index (χ3v) is 7.30. The van der Waals surface area contributed by atoms with Crippen molar-refractivity contribution in [3.05, 3.63) is 48.3 Å². The van der Waals surface area contributed by atoms with Gasteiger partial charge in [0.05, 0.1) is 6.61 Å². The predicted octanol–water partition coefficient (Wildman–Crippen LogP) is 8.81. The molecule has 0 saturated heterocycles. The van der Waals surface area contributed by atoms with Crippen molar-refractivity contribution >= 4 is 0 Å². The van der Waals surface area contributed by atoms with Gasteiger partial charge in [0.15, 0.2) is 0 Å². The van der Waals surface area contributed by atoms with Crippen molar-refractivity contribution in [2.24, 2.45) is 11.8 Å². The summed E-state index contributed by atoms with van der Waals surface area (Å²) in [5.74, 6) is 3.26. The summed E-state index contributed by atoms with van der Waals surface area (Å²) >= 11 is 0. The van der Waals surface area contributed by atoms with Crippen LogP contribution in [0.2, 0.25) is 0 Å². The lowest BCUT2D eigenvalue weighted by Crippen LogP contribution is -2.19. The Bertz CT molecular complexity index is 763. The van der Waals surface area contributed by atoms with Gasteiger partial charge in [0.25, 0.3) is 0 Å². The molecule has 0 amide bonds. The molecule has 1 aliphatic carbocycles. The number of nitrogens with zero attached hydrogens (tertiary/aromatic N) is 1. The van der Waals surface area contributed by atoms with Crippen molar-refractivity contribution in [2.75, 3.05) is 6.61 Å². The molecule has 2 aromatic rings. The minimum Gasteiger partial charge on any atom is -0.493 e. The molecule has 0 N–H and O–H groups in total. The van der Waals surface area contributed by atoms with E-state index >= 15 is 0 Å². The Morgan fingerprint density at radius 2 is 1.68 bits per heavy atom. The SMILES string of the molecule is CCCCCCCC1CCC(C(C)c2cnccc2-c2ccccc2OCCC)CC1. The Labute approximate surface area is 190 Å². The van der Waals surface area contributed by atoms with Gasteiger partial charge in [-0.2, -0.15) is 0 Å². The smallest absolute Gasteiger partial charge is 0.127 e. The first-order chi connectivity index (χ1) is 15.2. The highest BCUT2D eigenvalue weighted by molar-refractivity contribution is 5.73. The van der Waals surface area contributed by atoms with E-state index in [1.165, 1.54) is 80.9 Å². The van der Waals surface area contributed by atoms with Crippen LogP contribution in [0.5, 0.6) is 5.75 Å². The molecule has 3 rings (SSSR count). The highest BCUT2D eigenvalue weighted by atomic mass is 16.5. The van der Waals surface area contributed by atoms with Crippen molar-refractivity contribution in [3.63, 3.8) is 0 Å². The topological polar surface area (TPSA) is 22.1 Å². The van der Waals surface area contributed by atoms with Crippen molar-refractivity contribution < 1.29 is 4.74 Å². The van der Waals surface area contributed by atoms with E-state index in [2.05, 4.69) is 62.3 Å². The average molecular weight is 422 g/mol. The van der Waals surface area contributed by atoms with Crippen molar-refractivity contribution in [1.29, 1.82) is 0 Å². The maximum absolute atomic E-state index is 6.08. The van der Waals surface area contributed by atoms with Crippen LogP contribution in [-0.4, -0.2) is 11.6 Å². The summed E-state index contributed by atoms with van der Waals surface area (Å²) in [5.41, 5.74) is 3.89. The second-order valence-corrected chi connectivity index (χ2v) is 9.58. The van der Waals surface area contributed by atoms with E-state index in [1.807, 2.05) is 6.20 Å². The number of unbranched alkanes of at least 4 members (excludes halogenated alkanes) is 4. The largest absolute Gasteiger partial charge is 0.493 e. The van der Waals surface area contributed by atoms with Crippen LogP contribution < -0.4 is 4.74 Å². The second-order valence-electron chi connectivity index (χ2n) is 9.58. The molecule has 2 heteroatoms. The summed E-state index contributed by atoms with van der Waals surface area (Å²) in [6.45, 7) is 7.64. The molecule has 1 aromatic heterocycles. The summed E-state index contributed by atoms with van der Waals surface area (Å²) in [6, 6.07) is 10.7. The van der Waals surface area contributed by atoms with Crippen LogP contribution in [0.25, 0.3) is 11.1 Å². The molecule has 0 radical (unpaired) electrons. The molecule has 1 atom stereocenters. The van der Waals surface area contributed by atoms with Gasteiger partial charge < -0.3 is 4.74 Å². The van der Waals surface area contributed by atoms with Crippen LogP contribution in [0.4, 0.5) is 0 Å². The van der Waals surface area contributed by atoms with E-state index < -0.39 is 0 Å². The molecular weight excluding hydrogens is 378 g/mol. The first kappa shape index (κ1) is 23.8. The van der Waals surface area contributed by atoms with Crippen LogP contribution in [0.1, 0.15) is 103 Å². The van der Waals surface area contributed by atoms with Crippen LogP contribution in [-0.2, 0) is 0 Å². The van der Waals surface area contributed by atoms with Gasteiger partial charge >= 0.3 is 0 Å². The first-order valence-corrected chi connectivity index (χ1v) is 12.9. The van der Waals surface area contributed by atoms with Gasteiger partial charge in [-0.3, -0.25) is 4.98 Å². The van der Waals surface area contributed by atoms with Crippen molar-refractivity contribution in [1.82, 2.24) is 4.98 Å². The van der Waals surface area contributed by atoms with E-state index in [4.69, 9.17) is 4.74 Å². The van der Waals surface area contributed by atoms with E-state index in [0.717, 1.165) is 30.6 Å². The fourth-order valence-electron chi connectivity index (χ4n) is 5.31. The summed E-state index contributed by atoms with van der Waals surface area (Å²) in [5, 5.41) is 0. The number of rotatable bonds is 12. The van der Waals surface area contributed by atoms with Gasteiger partial charge in [-0.1, -0.05) is 90.3 Å². The number of benzene rings is 1. The normalized spacial score (nSPS) is 19.8. The Balaban J connectivity index is 1.63. The van der Waals surface area contributed by atoms with Gasteiger partial charge in [-0.15, -0.1) is 0 Å². The number of hydrogen-bond acceptors (Lipinski definition) is 2. The Morgan fingerprint density at radius 1 is 0.903 bits per heavy atom. The van der Waals surface area contributed by atoms with Gasteiger partial charge in [0, 0.05) is 18.0 Å². The molecule has 31 heavy (non-hydrogen) atoms. The summed E-state index contributed by atoms with van der Waals surface area (Å²) in [7, 11) is 0. The fourth-order valence-corrected chi connectivity index (χ4v) is 5.31. The Kier molecular flexibility index (Phi) is 9.90. The van der Waals surface area contributed by atoms with E-state index in [1.54, 1.807) is 0 Å². The van der Waals surface area contributed by atoms with Gasteiger partial charge in [0.2, 0.25) is 0 Å². The molecule has 1 aliphatic rings. The molecule has 1 saturated carbocycles. The monoisotopic (exact) mass is 421 g/mol. The standard InChI is InChI=1S/C29H43NO/c1-4-6-7-8-9-12-24-15-17-25(18-16-24)23(3)28-22-30-20-19-26(28)27-13-10-11-14-29(27)31-21-5-2/h10-11,13-14,19-20,22-25H,4-9,12,15-18,21H2,1-3H3. The zero-order valence-corrected chi connectivity index (χ0v) is 20.1. The fraction of sp³-hybridized carbons (Fsp3) is 0.621. The molecule has 0 spiro atoms. The minimum absolute atomic E-state index is 0.536. The van der Waals surface area contributed by atoms with Crippen LogP contribution in [0.3, 0.4) is 0 Å². The maximum Gasteiger partial charge on any atom is 0.127 e. The minimum atomic E-state index is 0.536. The zero-order valence-electron chi connectivity index (χ0n) is 20.1. The van der Waals surface area contributed by atoms with Crippen LogP contribution in [0, 0.1) is 11.8 Å². The van der Waals surface area contributed by atoms with Gasteiger partial charge in [-0.25, -0.2) is 0 Å². The summed E-state index contributed by atoms with van der Waals surface area (Å²) < 4.78 is 6.08. The zero-order chi connectivity index (χ0) is 21.9. The van der Waals surface area contributed by atoms with E-state index in [9.17, 15) is 0 Å². The predicted molar refractivity (Wildman–Crippen MR) is 133 cm³/mol. The summed E-state index contributed by atoms with van der Waals surface area (Å²) in [4.78, 5) is 4.52. The highest BCUT2D eigenvalue weighted by Crippen LogP contribution is 2.43. The highest BCUT2D eigenvalue weighted by Gasteiger charge is 2.27. The van der Waals surface area contributed by atoms with Crippen LogP contribution >= 0.6 is 0 Å². The number of para-hydroxylation sites is 1. The number of pyridine rings is 1. The van der Waals surface area contributed by atoms with Crippen molar-refractivity contribution in [3.8, 4) is 16.9 Å². The second kappa shape index (κ2) is 12.9. The van der Waals surface area contributed by atoms with Gasteiger partial charge in [-0.05, 0) is 60.3 Å². The Morgan fingerprint density at radius 3 is 2.45 bits per heavy atom. The molecule has 1 aromatic carbocycles. The molecule has 0 aliphatic heterocycles. The first-order valence-electron chi connectivity index (χ1n) is 12.9. The number of ether oxygens (including phenoxy) is 1. The number of hydrogen-bond donors (Lipinski definition) is 0. The molecule has 1 fully saturated rings. The molecule has 1 unspecified atom stereocenters. The maximum atomic E-state index is 6.08. The Hall–Kier alpha value is -1.83. The lowest BCUT2D eigenvalue weighted by atomic mass is 9.72. The third kappa shape index (κ3) is 6.82. The van der Waals surface area contributed by atoms with E-state index in [0.29, 0.717) is 5.92 Å². The molecule has 2 nitrogen and oxygen atoms in total. The summed E-state index contributed by atoms with van der Waals surface area (Å²) in [6.07, 6.45) is 19.1. The van der Waals surface area contributed by atoms with Crippen molar-refractivity contribution in [2.45, 2.75) is 97.3 Å². The average Bonchev–Trinajstić information content (AvgIpc) is 2.83. The molecule has 1 heterocycles. The molecular formula is C29H43NO. The quantitative estimate of drug-likeness (QED) is 0.319. The van der Waals surface area contributed by atoms with Crippen LogP contribution in [0.15, 0.2) is 42.7 Å². The molecule has 0 bridgehead atoms. The van der Waals surface area contributed by atoms with Gasteiger partial charge in [0.1, 0.15) is 5.75 Å². The third-order valence-electron chi connectivity index (χ3n) is 7.30. The molecule has 170 valence electrons. The lowest BCUT2D eigenvalue weighted by Gasteiger charge is -2.33.